The molecule has 0 spiro atoms. The summed E-state index contributed by atoms with van der Waals surface area (Å²) in [5.74, 6) is -0.585. The highest BCUT2D eigenvalue weighted by atomic mass is 32.2. The van der Waals surface area contributed by atoms with Crippen LogP contribution in [0.4, 0.5) is 4.39 Å². The van der Waals surface area contributed by atoms with Crippen molar-refractivity contribution in [2.24, 2.45) is 11.1 Å². The zero-order chi connectivity index (χ0) is 13.4. The van der Waals surface area contributed by atoms with Gasteiger partial charge in [-0.3, -0.25) is 0 Å². The van der Waals surface area contributed by atoms with Crippen LogP contribution in [0.15, 0.2) is 23.1 Å². The average Bonchev–Trinajstić information content (AvgIpc) is 3.05. The van der Waals surface area contributed by atoms with Crippen LogP contribution in [0.1, 0.15) is 25.3 Å². The first-order valence-corrected chi connectivity index (χ1v) is 7.33. The van der Waals surface area contributed by atoms with Crippen LogP contribution in [0.3, 0.4) is 0 Å². The molecule has 3 N–H and O–H groups in total. The van der Waals surface area contributed by atoms with Gasteiger partial charge in [-0.25, -0.2) is 17.5 Å². The Morgan fingerprint density at radius 1 is 1.44 bits per heavy atom. The molecule has 1 fully saturated rings. The average molecular weight is 272 g/mol. The maximum atomic E-state index is 13.5. The number of halogens is 1. The fourth-order valence-corrected chi connectivity index (χ4v) is 3.18. The summed E-state index contributed by atoms with van der Waals surface area (Å²) in [6.45, 7) is 2.26. The molecule has 4 nitrogen and oxygen atoms in total. The molecule has 0 amide bonds. The molecular formula is C12H17FN2O2S. The van der Waals surface area contributed by atoms with Crippen molar-refractivity contribution < 1.29 is 12.8 Å². The van der Waals surface area contributed by atoms with Gasteiger partial charge in [0.1, 0.15) is 5.82 Å². The van der Waals surface area contributed by atoms with Gasteiger partial charge >= 0.3 is 0 Å². The molecular weight excluding hydrogens is 255 g/mol. The molecule has 0 atom stereocenters. The lowest BCUT2D eigenvalue weighted by molar-refractivity contribution is 0.528. The molecule has 0 unspecified atom stereocenters. The molecule has 1 aromatic carbocycles. The van der Waals surface area contributed by atoms with E-state index < -0.39 is 15.8 Å². The van der Waals surface area contributed by atoms with Gasteiger partial charge in [-0.1, -0.05) is 13.0 Å². The van der Waals surface area contributed by atoms with E-state index in [1.54, 1.807) is 0 Å². The summed E-state index contributed by atoms with van der Waals surface area (Å²) in [5, 5.41) is 0. The molecule has 0 heterocycles. The van der Waals surface area contributed by atoms with Crippen molar-refractivity contribution in [2.45, 2.75) is 31.2 Å². The van der Waals surface area contributed by atoms with E-state index in [4.69, 9.17) is 5.73 Å². The van der Waals surface area contributed by atoms with E-state index in [-0.39, 0.29) is 22.4 Å². The molecule has 1 aliphatic rings. The van der Waals surface area contributed by atoms with E-state index in [9.17, 15) is 12.8 Å². The molecule has 0 radical (unpaired) electrons. The lowest BCUT2D eigenvalue weighted by atomic mass is 10.2. The number of nitrogens with two attached hydrogens (primary N) is 1. The van der Waals surface area contributed by atoms with Crippen molar-refractivity contribution >= 4 is 10.0 Å². The Bertz CT molecular complexity index is 553. The molecule has 6 heteroatoms. The third-order valence-electron chi connectivity index (χ3n) is 3.36. The van der Waals surface area contributed by atoms with E-state index >= 15 is 0 Å². The number of hydrogen-bond donors (Lipinski definition) is 2. The van der Waals surface area contributed by atoms with Crippen LogP contribution in [0, 0.1) is 11.2 Å². The maximum absolute atomic E-state index is 13.5. The van der Waals surface area contributed by atoms with Crippen molar-refractivity contribution in [1.29, 1.82) is 0 Å². The first kappa shape index (κ1) is 13.5. The molecule has 0 aromatic heterocycles. The molecule has 100 valence electrons. The Morgan fingerprint density at radius 2 is 2.11 bits per heavy atom. The number of nitrogens with one attached hydrogen (secondary N) is 1. The summed E-state index contributed by atoms with van der Waals surface area (Å²) >= 11 is 0. The maximum Gasteiger partial charge on any atom is 0.241 e. The first-order chi connectivity index (χ1) is 8.38. The van der Waals surface area contributed by atoms with E-state index in [2.05, 4.69) is 4.72 Å². The molecule has 0 bridgehead atoms. The summed E-state index contributed by atoms with van der Waals surface area (Å²) in [5.41, 5.74) is 5.50. The fourth-order valence-electron chi connectivity index (χ4n) is 1.73. The Morgan fingerprint density at radius 3 is 2.67 bits per heavy atom. The van der Waals surface area contributed by atoms with Gasteiger partial charge in [0.25, 0.3) is 0 Å². The van der Waals surface area contributed by atoms with E-state index in [1.165, 1.54) is 18.2 Å². The quantitative estimate of drug-likeness (QED) is 0.850. The first-order valence-electron chi connectivity index (χ1n) is 5.85. The second kappa shape index (κ2) is 4.60. The van der Waals surface area contributed by atoms with Crippen LogP contribution >= 0.6 is 0 Å². The smallest absolute Gasteiger partial charge is 0.241 e. The van der Waals surface area contributed by atoms with Crippen LogP contribution in [-0.2, 0) is 16.6 Å². The van der Waals surface area contributed by atoms with Crippen LogP contribution in [0.5, 0.6) is 0 Å². The number of sulfonamides is 1. The lowest BCUT2D eigenvalue weighted by Gasteiger charge is -2.13. The Hall–Kier alpha value is -0.980. The summed E-state index contributed by atoms with van der Waals surface area (Å²) in [7, 11) is -3.69. The molecule has 2 rings (SSSR count). The number of benzene rings is 1. The number of rotatable bonds is 5. The van der Waals surface area contributed by atoms with E-state index in [0.29, 0.717) is 6.54 Å². The highest BCUT2D eigenvalue weighted by Gasteiger charge is 2.38. The summed E-state index contributed by atoms with van der Waals surface area (Å²) in [4.78, 5) is -0.0609. The monoisotopic (exact) mass is 272 g/mol. The molecule has 1 aliphatic carbocycles. The van der Waals surface area contributed by atoms with Crippen molar-refractivity contribution in [2.75, 3.05) is 6.54 Å². The minimum absolute atomic E-state index is 0.0333. The predicted octanol–water partition coefficient (Wildman–Crippen LogP) is 1.36. The zero-order valence-electron chi connectivity index (χ0n) is 10.2. The van der Waals surface area contributed by atoms with Gasteiger partial charge in [-0.15, -0.1) is 0 Å². The Kier molecular flexibility index (Phi) is 3.44. The molecule has 0 aliphatic heterocycles. The summed E-state index contributed by atoms with van der Waals surface area (Å²) < 4.78 is 40.2. The summed E-state index contributed by atoms with van der Waals surface area (Å²) in [6, 6.07) is 3.97. The van der Waals surface area contributed by atoms with Gasteiger partial charge in [0.15, 0.2) is 0 Å². The minimum atomic E-state index is -3.69. The molecule has 18 heavy (non-hydrogen) atoms. The van der Waals surface area contributed by atoms with Crippen LogP contribution < -0.4 is 10.5 Å². The SMILES string of the molecule is CC1(CNS(=O)(=O)c2cccc(F)c2CN)CC1. The van der Waals surface area contributed by atoms with Crippen LogP contribution in [-0.4, -0.2) is 15.0 Å². The molecule has 1 saturated carbocycles. The third-order valence-corrected chi connectivity index (χ3v) is 4.85. The highest BCUT2D eigenvalue weighted by Crippen LogP contribution is 2.44. The van der Waals surface area contributed by atoms with E-state index in [1.807, 2.05) is 6.92 Å². The van der Waals surface area contributed by atoms with Gasteiger partial charge < -0.3 is 5.73 Å². The third kappa shape index (κ3) is 2.71. The van der Waals surface area contributed by atoms with Crippen LogP contribution in [0.2, 0.25) is 0 Å². The van der Waals surface area contributed by atoms with Gasteiger partial charge in [-0.05, 0) is 30.4 Å². The van der Waals surface area contributed by atoms with Crippen molar-refractivity contribution in [1.82, 2.24) is 4.72 Å². The predicted molar refractivity (Wildman–Crippen MR) is 66.8 cm³/mol. The standard InChI is InChI=1S/C12H17FN2O2S/c1-12(5-6-12)8-15-18(16,17)11-4-2-3-10(13)9(11)7-14/h2-4,15H,5-8,14H2,1H3. The topological polar surface area (TPSA) is 72.2 Å². The van der Waals surface area contributed by atoms with E-state index in [0.717, 1.165) is 12.8 Å². The van der Waals surface area contributed by atoms with Gasteiger partial charge in [0.05, 0.1) is 4.90 Å². The van der Waals surface area contributed by atoms with Gasteiger partial charge in [0.2, 0.25) is 10.0 Å². The Labute approximate surface area is 106 Å². The Balaban J connectivity index is 2.26. The van der Waals surface area contributed by atoms with Crippen LogP contribution in [0.25, 0.3) is 0 Å². The highest BCUT2D eigenvalue weighted by molar-refractivity contribution is 7.89. The minimum Gasteiger partial charge on any atom is -0.326 e. The van der Waals surface area contributed by atoms with Gasteiger partial charge in [0, 0.05) is 18.7 Å². The van der Waals surface area contributed by atoms with Crippen molar-refractivity contribution in [3.63, 3.8) is 0 Å². The fraction of sp³-hybridized carbons (Fsp3) is 0.500. The van der Waals surface area contributed by atoms with Crippen molar-refractivity contribution in [3.8, 4) is 0 Å². The second-order valence-corrected chi connectivity index (χ2v) is 6.79. The summed E-state index contributed by atoms with van der Waals surface area (Å²) in [6.07, 6.45) is 2.03. The van der Waals surface area contributed by atoms with Gasteiger partial charge in [-0.2, -0.15) is 0 Å². The van der Waals surface area contributed by atoms with Crippen molar-refractivity contribution in [3.05, 3.63) is 29.6 Å². The molecule has 0 saturated heterocycles. The number of hydrogen-bond acceptors (Lipinski definition) is 3. The second-order valence-electron chi connectivity index (χ2n) is 5.06. The normalized spacial score (nSPS) is 17.7. The molecule has 1 aromatic rings. The lowest BCUT2D eigenvalue weighted by Crippen LogP contribution is -2.30. The zero-order valence-corrected chi connectivity index (χ0v) is 11.1. The largest absolute Gasteiger partial charge is 0.326 e.